The topological polar surface area (TPSA) is 114 Å². The number of benzene rings is 1. The minimum Gasteiger partial charge on any atom is -0.322 e. The number of aromatic nitrogens is 1. The van der Waals surface area contributed by atoms with Gasteiger partial charge in [-0.3, -0.25) is 9.78 Å². The lowest BCUT2D eigenvalue weighted by Gasteiger charge is -2.21. The Kier molecular flexibility index (Phi) is 6.39. The molecule has 0 aliphatic rings. The summed E-state index contributed by atoms with van der Waals surface area (Å²) in [6.07, 6.45) is 6.01. The number of anilines is 2. The molecule has 2 rings (SSSR count). The molecule has 27 heavy (non-hydrogen) atoms. The molecule has 0 spiro atoms. The minimum atomic E-state index is -4.06. The van der Waals surface area contributed by atoms with Gasteiger partial charge in [-0.15, -0.1) is 0 Å². The van der Waals surface area contributed by atoms with Crippen LogP contribution in [-0.2, 0) is 24.8 Å². The van der Waals surface area contributed by atoms with Gasteiger partial charge < -0.3 is 5.32 Å². The third kappa shape index (κ3) is 5.88. The second-order valence-electron chi connectivity index (χ2n) is 5.47. The van der Waals surface area contributed by atoms with Crippen LogP contribution in [0.1, 0.15) is 5.69 Å². The standard InChI is InChI=1S/C16H16BrN3O5S2/c1-26(22,23)20(27(2,24)25)15-8-6-13(11-14(15)17)19-16(21)9-7-12-5-3-4-10-18-12/h3-11H,1-2H3,(H,19,21)/b9-7+. The van der Waals surface area contributed by atoms with Crippen molar-refractivity contribution in [1.29, 1.82) is 0 Å². The fraction of sp³-hybridized carbons (Fsp3) is 0.125. The van der Waals surface area contributed by atoms with Gasteiger partial charge in [-0.25, -0.2) is 16.8 Å². The van der Waals surface area contributed by atoms with Gasteiger partial charge in [0.15, 0.2) is 0 Å². The van der Waals surface area contributed by atoms with Gasteiger partial charge in [0.1, 0.15) is 0 Å². The van der Waals surface area contributed by atoms with Crippen molar-refractivity contribution < 1.29 is 21.6 Å². The summed E-state index contributed by atoms with van der Waals surface area (Å²) in [6.45, 7) is 0. The Morgan fingerprint density at radius 2 is 1.78 bits per heavy atom. The molecule has 1 heterocycles. The third-order valence-corrected chi connectivity index (χ3v) is 6.97. The van der Waals surface area contributed by atoms with Crippen LogP contribution in [0.3, 0.4) is 0 Å². The SMILES string of the molecule is CS(=O)(=O)N(c1ccc(NC(=O)/C=C/c2ccccn2)cc1Br)S(C)(=O)=O. The van der Waals surface area contributed by atoms with E-state index in [4.69, 9.17) is 0 Å². The van der Waals surface area contributed by atoms with E-state index in [1.54, 1.807) is 24.4 Å². The Morgan fingerprint density at radius 1 is 1.11 bits per heavy atom. The summed E-state index contributed by atoms with van der Waals surface area (Å²) in [5.41, 5.74) is 0.881. The van der Waals surface area contributed by atoms with Gasteiger partial charge in [0.05, 0.1) is 23.9 Å². The van der Waals surface area contributed by atoms with E-state index in [-0.39, 0.29) is 10.2 Å². The molecule has 0 atom stereocenters. The molecule has 0 unspecified atom stereocenters. The minimum absolute atomic E-state index is 0.0815. The molecule has 11 heteroatoms. The number of pyridine rings is 1. The number of carbonyl (C=O) groups is 1. The maximum Gasteiger partial charge on any atom is 0.248 e. The third-order valence-electron chi connectivity index (χ3n) is 3.11. The van der Waals surface area contributed by atoms with Crippen LogP contribution in [-0.4, -0.2) is 40.2 Å². The van der Waals surface area contributed by atoms with Crippen molar-refractivity contribution in [2.24, 2.45) is 0 Å². The molecule has 1 amide bonds. The number of amides is 1. The molecule has 0 saturated heterocycles. The number of nitrogens with zero attached hydrogens (tertiary/aromatic N) is 2. The van der Waals surface area contributed by atoms with Crippen molar-refractivity contribution in [2.45, 2.75) is 0 Å². The molecule has 0 aliphatic heterocycles. The van der Waals surface area contributed by atoms with Crippen LogP contribution >= 0.6 is 15.9 Å². The predicted molar refractivity (Wildman–Crippen MR) is 108 cm³/mol. The van der Waals surface area contributed by atoms with E-state index in [1.807, 2.05) is 0 Å². The van der Waals surface area contributed by atoms with Crippen molar-refractivity contribution in [2.75, 3.05) is 21.5 Å². The Balaban J connectivity index is 2.24. The first kappa shape index (κ1) is 21.1. The molecule has 0 fully saturated rings. The Hall–Kier alpha value is -2.24. The summed E-state index contributed by atoms with van der Waals surface area (Å²) >= 11 is 3.15. The van der Waals surface area contributed by atoms with Crippen molar-refractivity contribution in [3.8, 4) is 0 Å². The number of sulfonamides is 2. The van der Waals surface area contributed by atoms with Crippen LogP contribution in [0.4, 0.5) is 11.4 Å². The Bertz CT molecular complexity index is 1050. The Morgan fingerprint density at radius 3 is 2.30 bits per heavy atom. The van der Waals surface area contributed by atoms with E-state index in [2.05, 4.69) is 26.2 Å². The van der Waals surface area contributed by atoms with Crippen LogP contribution in [0.15, 0.2) is 53.1 Å². The van der Waals surface area contributed by atoms with Crippen LogP contribution in [0.25, 0.3) is 6.08 Å². The van der Waals surface area contributed by atoms with Gasteiger partial charge in [-0.2, -0.15) is 3.71 Å². The first-order valence-corrected chi connectivity index (χ1v) is 11.9. The van der Waals surface area contributed by atoms with Crippen LogP contribution < -0.4 is 9.03 Å². The second-order valence-corrected chi connectivity index (χ2v) is 10.2. The molecule has 0 radical (unpaired) electrons. The molecule has 1 aromatic heterocycles. The number of rotatable bonds is 6. The molecule has 0 bridgehead atoms. The molecule has 0 saturated carbocycles. The van der Waals surface area contributed by atoms with Crippen LogP contribution in [0.2, 0.25) is 0 Å². The number of carbonyl (C=O) groups excluding carboxylic acids is 1. The maximum atomic E-state index is 12.0. The highest BCUT2D eigenvalue weighted by Gasteiger charge is 2.29. The fourth-order valence-corrected chi connectivity index (χ4v) is 5.95. The zero-order chi connectivity index (χ0) is 20.2. The lowest BCUT2D eigenvalue weighted by molar-refractivity contribution is -0.111. The van der Waals surface area contributed by atoms with Gasteiger partial charge in [0.25, 0.3) is 0 Å². The summed E-state index contributed by atoms with van der Waals surface area (Å²) in [5.74, 6) is -0.427. The van der Waals surface area contributed by atoms with Gasteiger partial charge >= 0.3 is 0 Å². The molecule has 144 valence electrons. The smallest absolute Gasteiger partial charge is 0.248 e. The predicted octanol–water partition coefficient (Wildman–Crippen LogP) is 2.22. The first-order chi connectivity index (χ1) is 12.5. The molecule has 1 aromatic carbocycles. The summed E-state index contributed by atoms with van der Waals surface area (Å²) < 4.78 is 47.9. The van der Waals surface area contributed by atoms with E-state index in [9.17, 15) is 21.6 Å². The Labute approximate surface area is 166 Å². The van der Waals surface area contributed by atoms with Crippen molar-refractivity contribution in [3.05, 3.63) is 58.8 Å². The van der Waals surface area contributed by atoms with E-state index in [1.165, 1.54) is 30.4 Å². The summed E-state index contributed by atoms with van der Waals surface area (Å²) in [6, 6.07) is 9.37. The number of nitrogens with one attached hydrogen (secondary N) is 1. The molecule has 8 nitrogen and oxygen atoms in total. The highest BCUT2D eigenvalue weighted by Crippen LogP contribution is 2.32. The van der Waals surface area contributed by atoms with Gasteiger partial charge in [0, 0.05) is 22.4 Å². The van der Waals surface area contributed by atoms with E-state index < -0.39 is 26.0 Å². The molecular weight excluding hydrogens is 458 g/mol. The average Bonchev–Trinajstić information content (AvgIpc) is 2.54. The lowest BCUT2D eigenvalue weighted by atomic mass is 10.2. The summed E-state index contributed by atoms with van der Waals surface area (Å²) in [4.78, 5) is 16.0. The quantitative estimate of drug-likeness (QED) is 0.643. The normalized spacial score (nSPS) is 12.1. The van der Waals surface area contributed by atoms with E-state index in [0.717, 1.165) is 12.5 Å². The zero-order valence-electron chi connectivity index (χ0n) is 14.3. The number of halogens is 1. The van der Waals surface area contributed by atoms with Gasteiger partial charge in [-0.05, 0) is 52.3 Å². The van der Waals surface area contributed by atoms with Crippen molar-refractivity contribution in [1.82, 2.24) is 4.98 Å². The lowest BCUT2D eigenvalue weighted by Crippen LogP contribution is -2.35. The fourth-order valence-electron chi connectivity index (χ4n) is 2.16. The first-order valence-electron chi connectivity index (χ1n) is 7.38. The van der Waals surface area contributed by atoms with Gasteiger partial charge in [-0.1, -0.05) is 6.07 Å². The van der Waals surface area contributed by atoms with E-state index in [0.29, 0.717) is 15.1 Å². The average molecular weight is 474 g/mol. The highest BCUT2D eigenvalue weighted by atomic mass is 79.9. The van der Waals surface area contributed by atoms with Crippen LogP contribution in [0.5, 0.6) is 0 Å². The highest BCUT2D eigenvalue weighted by molar-refractivity contribution is 9.10. The molecule has 0 aliphatic carbocycles. The molecule has 1 N–H and O–H groups in total. The van der Waals surface area contributed by atoms with Crippen molar-refractivity contribution in [3.63, 3.8) is 0 Å². The van der Waals surface area contributed by atoms with Crippen LogP contribution in [0, 0.1) is 0 Å². The monoisotopic (exact) mass is 473 g/mol. The maximum absolute atomic E-state index is 12.0. The van der Waals surface area contributed by atoms with Crippen molar-refractivity contribution >= 4 is 59.3 Å². The number of hydrogen-bond donors (Lipinski definition) is 1. The largest absolute Gasteiger partial charge is 0.322 e. The summed E-state index contributed by atoms with van der Waals surface area (Å²) in [7, 11) is -8.13. The molecule has 2 aromatic rings. The van der Waals surface area contributed by atoms with E-state index >= 15 is 0 Å². The zero-order valence-corrected chi connectivity index (χ0v) is 17.5. The van der Waals surface area contributed by atoms with Gasteiger partial charge in [0.2, 0.25) is 26.0 Å². The number of hydrogen-bond acceptors (Lipinski definition) is 6. The second kappa shape index (κ2) is 8.19. The molecular formula is C16H16BrN3O5S2. The summed E-state index contributed by atoms with van der Waals surface area (Å²) in [5, 5.41) is 2.60.